The van der Waals surface area contributed by atoms with Crippen LogP contribution in [0, 0.1) is 0 Å². The van der Waals surface area contributed by atoms with Crippen molar-refractivity contribution < 1.29 is 17.9 Å². The second-order valence-corrected chi connectivity index (χ2v) is 8.95. The fourth-order valence-corrected chi connectivity index (χ4v) is 4.98. The Hall–Kier alpha value is -1.33. The summed E-state index contributed by atoms with van der Waals surface area (Å²) < 4.78 is 32.3. The molecule has 0 amide bonds. The Balaban J connectivity index is 1.67. The average molecular weight is 385 g/mol. The van der Waals surface area contributed by atoms with Gasteiger partial charge in [-0.2, -0.15) is 4.31 Å². The fraction of sp³-hybridized carbons (Fsp3) is 0.357. The van der Waals surface area contributed by atoms with Gasteiger partial charge in [0, 0.05) is 18.7 Å². The normalized spacial score (nSPS) is 16.2. The summed E-state index contributed by atoms with van der Waals surface area (Å²) in [6, 6.07) is 6.06. The molecule has 0 unspecified atom stereocenters. The van der Waals surface area contributed by atoms with E-state index in [1.165, 1.54) is 39.5 Å². The maximum atomic E-state index is 12.5. The van der Waals surface area contributed by atoms with Gasteiger partial charge in [0.15, 0.2) is 10.1 Å². The van der Waals surface area contributed by atoms with Crippen molar-refractivity contribution in [3.63, 3.8) is 0 Å². The number of carbonyl (C=O) groups excluding carboxylic acids is 1. The van der Waals surface area contributed by atoms with Gasteiger partial charge in [-0.3, -0.25) is 4.79 Å². The predicted molar refractivity (Wildman–Crippen MR) is 91.0 cm³/mol. The van der Waals surface area contributed by atoms with E-state index in [4.69, 9.17) is 4.74 Å². The first-order valence-corrected chi connectivity index (χ1v) is 10.5. The maximum Gasteiger partial charge on any atom is 0.243 e. The lowest BCUT2D eigenvalue weighted by Crippen LogP contribution is -2.40. The molecule has 24 heavy (non-hydrogen) atoms. The van der Waals surface area contributed by atoms with E-state index in [0.717, 1.165) is 4.34 Å². The largest absolute Gasteiger partial charge is 0.379 e. The molecule has 0 atom stereocenters. The van der Waals surface area contributed by atoms with E-state index in [1.54, 1.807) is 17.6 Å². The highest BCUT2D eigenvalue weighted by Gasteiger charge is 2.26. The summed E-state index contributed by atoms with van der Waals surface area (Å²) in [5.74, 6) is 0.163. The van der Waals surface area contributed by atoms with Gasteiger partial charge in [0.1, 0.15) is 5.51 Å². The molecule has 0 saturated carbocycles. The van der Waals surface area contributed by atoms with Crippen LogP contribution in [0.5, 0.6) is 0 Å². The van der Waals surface area contributed by atoms with Crippen LogP contribution in [0.3, 0.4) is 0 Å². The monoisotopic (exact) mass is 385 g/mol. The molecule has 7 nitrogen and oxygen atoms in total. The number of ketones is 1. The number of benzene rings is 1. The summed E-state index contributed by atoms with van der Waals surface area (Å²) >= 11 is 2.69. The molecule has 10 heteroatoms. The molecular formula is C14H15N3O4S3. The number of carbonyl (C=O) groups is 1. The second-order valence-electron chi connectivity index (χ2n) is 4.96. The van der Waals surface area contributed by atoms with Gasteiger partial charge in [-0.25, -0.2) is 8.42 Å². The van der Waals surface area contributed by atoms with Crippen LogP contribution in [0.2, 0.25) is 0 Å². The molecule has 1 aliphatic rings. The first-order chi connectivity index (χ1) is 11.6. The number of thioether (sulfide) groups is 1. The van der Waals surface area contributed by atoms with Gasteiger partial charge in [0.05, 0.1) is 23.9 Å². The molecule has 0 spiro atoms. The molecule has 1 aliphatic heterocycles. The van der Waals surface area contributed by atoms with Gasteiger partial charge in [-0.05, 0) is 12.1 Å². The van der Waals surface area contributed by atoms with Crippen molar-refractivity contribution in [3.8, 4) is 0 Å². The molecular weight excluding hydrogens is 370 g/mol. The first kappa shape index (κ1) is 17.5. The highest BCUT2D eigenvalue weighted by Crippen LogP contribution is 2.21. The van der Waals surface area contributed by atoms with E-state index in [-0.39, 0.29) is 16.4 Å². The highest BCUT2D eigenvalue weighted by molar-refractivity contribution is 8.01. The maximum absolute atomic E-state index is 12.5. The van der Waals surface area contributed by atoms with E-state index in [2.05, 4.69) is 10.2 Å². The zero-order valence-corrected chi connectivity index (χ0v) is 15.1. The number of Topliss-reactive ketones (excluding diaryl/α,β-unsaturated/α-hetero) is 1. The van der Waals surface area contributed by atoms with Crippen molar-refractivity contribution in [1.82, 2.24) is 14.5 Å². The Morgan fingerprint density at radius 2 is 1.96 bits per heavy atom. The van der Waals surface area contributed by atoms with Crippen LogP contribution in [0.25, 0.3) is 0 Å². The molecule has 2 aromatic rings. The van der Waals surface area contributed by atoms with Crippen molar-refractivity contribution >= 4 is 38.9 Å². The van der Waals surface area contributed by atoms with Crippen LogP contribution in [-0.4, -0.2) is 60.8 Å². The number of ether oxygens (including phenoxy) is 1. The molecule has 0 radical (unpaired) electrons. The minimum atomic E-state index is -3.53. The van der Waals surface area contributed by atoms with Gasteiger partial charge in [-0.1, -0.05) is 35.2 Å². The smallest absolute Gasteiger partial charge is 0.243 e. The summed E-state index contributed by atoms with van der Waals surface area (Å²) in [4.78, 5) is 12.4. The number of morpholine rings is 1. The SMILES string of the molecule is O=C(CSc1nncs1)c1ccc(S(=O)(=O)N2CCOCC2)cc1. The van der Waals surface area contributed by atoms with Crippen LogP contribution < -0.4 is 0 Å². The zero-order valence-electron chi connectivity index (χ0n) is 12.6. The molecule has 0 N–H and O–H groups in total. The Morgan fingerprint density at radius 1 is 1.25 bits per heavy atom. The summed E-state index contributed by atoms with van der Waals surface area (Å²) in [7, 11) is -3.53. The summed E-state index contributed by atoms with van der Waals surface area (Å²) in [5, 5.41) is 7.58. The van der Waals surface area contributed by atoms with Crippen molar-refractivity contribution in [3.05, 3.63) is 35.3 Å². The third-order valence-electron chi connectivity index (χ3n) is 3.45. The summed E-state index contributed by atoms with van der Waals surface area (Å²) in [5.41, 5.74) is 2.09. The van der Waals surface area contributed by atoms with E-state index < -0.39 is 10.0 Å². The number of nitrogens with zero attached hydrogens (tertiary/aromatic N) is 3. The molecule has 128 valence electrons. The van der Waals surface area contributed by atoms with Gasteiger partial charge < -0.3 is 4.74 Å². The van der Waals surface area contributed by atoms with Gasteiger partial charge >= 0.3 is 0 Å². The molecule has 0 aliphatic carbocycles. The number of sulfonamides is 1. The predicted octanol–water partition coefficient (Wildman–Crippen LogP) is 1.53. The quantitative estimate of drug-likeness (QED) is 0.550. The Labute approximate surface area is 148 Å². The molecule has 1 aromatic heterocycles. The van der Waals surface area contributed by atoms with Crippen molar-refractivity contribution in [2.45, 2.75) is 9.24 Å². The minimum absolute atomic E-state index is 0.0782. The van der Waals surface area contributed by atoms with E-state index in [0.29, 0.717) is 31.9 Å². The lowest BCUT2D eigenvalue weighted by Gasteiger charge is -2.26. The fourth-order valence-electron chi connectivity index (χ4n) is 2.19. The third kappa shape index (κ3) is 4.01. The molecule has 0 bridgehead atoms. The van der Waals surface area contributed by atoms with Gasteiger partial charge in [0.25, 0.3) is 0 Å². The minimum Gasteiger partial charge on any atom is -0.379 e. The number of rotatable bonds is 6. The van der Waals surface area contributed by atoms with Crippen LogP contribution in [0.4, 0.5) is 0 Å². The van der Waals surface area contributed by atoms with Crippen LogP contribution >= 0.6 is 23.1 Å². The van der Waals surface area contributed by atoms with Crippen molar-refractivity contribution in [1.29, 1.82) is 0 Å². The van der Waals surface area contributed by atoms with Crippen LogP contribution in [-0.2, 0) is 14.8 Å². The number of aromatic nitrogens is 2. The van der Waals surface area contributed by atoms with Gasteiger partial charge in [-0.15, -0.1) is 10.2 Å². The summed E-state index contributed by atoms with van der Waals surface area (Å²) in [6.45, 7) is 1.50. The Bertz CT molecular complexity index is 785. The standard InChI is InChI=1S/C14H15N3O4S3/c18-13(9-22-14-16-15-10-23-14)11-1-3-12(4-2-11)24(19,20)17-5-7-21-8-6-17/h1-4,10H,5-9H2. The Morgan fingerprint density at radius 3 is 2.58 bits per heavy atom. The van der Waals surface area contributed by atoms with E-state index >= 15 is 0 Å². The van der Waals surface area contributed by atoms with Gasteiger partial charge in [0.2, 0.25) is 10.0 Å². The third-order valence-corrected chi connectivity index (χ3v) is 7.22. The zero-order chi connectivity index (χ0) is 17.0. The van der Waals surface area contributed by atoms with Crippen LogP contribution in [0.1, 0.15) is 10.4 Å². The second kappa shape index (κ2) is 7.70. The average Bonchev–Trinajstić information content (AvgIpc) is 3.14. The molecule has 1 saturated heterocycles. The molecule has 1 aromatic carbocycles. The lowest BCUT2D eigenvalue weighted by atomic mass is 10.1. The number of hydrogen-bond donors (Lipinski definition) is 0. The molecule has 1 fully saturated rings. The van der Waals surface area contributed by atoms with E-state index in [1.807, 2.05) is 0 Å². The Kier molecular flexibility index (Phi) is 5.61. The van der Waals surface area contributed by atoms with E-state index in [9.17, 15) is 13.2 Å². The summed E-state index contributed by atoms with van der Waals surface area (Å²) in [6.07, 6.45) is 0. The van der Waals surface area contributed by atoms with Crippen molar-refractivity contribution in [2.75, 3.05) is 32.1 Å². The first-order valence-electron chi connectivity index (χ1n) is 7.17. The van der Waals surface area contributed by atoms with Crippen molar-refractivity contribution in [2.24, 2.45) is 0 Å². The molecule has 3 rings (SSSR count). The number of hydrogen-bond acceptors (Lipinski definition) is 8. The molecule has 2 heterocycles. The topological polar surface area (TPSA) is 89.5 Å². The lowest BCUT2D eigenvalue weighted by molar-refractivity contribution is 0.0730. The van der Waals surface area contributed by atoms with Crippen LogP contribution in [0.15, 0.2) is 39.0 Å². The highest BCUT2D eigenvalue weighted by atomic mass is 32.2.